The zero-order valence-corrected chi connectivity index (χ0v) is 11.7. The van der Waals surface area contributed by atoms with Crippen LogP contribution in [0, 0.1) is 0 Å². The van der Waals surface area contributed by atoms with Gasteiger partial charge in [0.2, 0.25) is 0 Å². The van der Waals surface area contributed by atoms with Gasteiger partial charge in [0.1, 0.15) is 12.4 Å². The molecule has 2 radical (unpaired) electrons. The summed E-state index contributed by atoms with van der Waals surface area (Å²) >= 11 is 0. The number of benzene rings is 1. The van der Waals surface area contributed by atoms with Gasteiger partial charge in [-0.1, -0.05) is 24.3 Å². The monoisotopic (exact) mass is 368 g/mol. The Balaban J connectivity index is -0.000000302. The maximum atomic E-state index is 5.34. The molecule has 0 saturated carbocycles. The van der Waals surface area contributed by atoms with Crippen LogP contribution in [0.1, 0.15) is 5.56 Å². The van der Waals surface area contributed by atoms with Crippen molar-refractivity contribution in [3.63, 3.8) is 0 Å². The minimum Gasteiger partial charge on any atom is -0.489 e. The molecule has 2 rings (SSSR count). The molecule has 14 heavy (non-hydrogen) atoms. The average molecular weight is 369 g/mol. The number of para-hydroxylation sites is 1. The topological polar surface area (TPSA) is 9.23 Å². The fourth-order valence-corrected chi connectivity index (χ4v) is 1.06. The molecule has 0 saturated heterocycles. The van der Waals surface area contributed by atoms with Crippen molar-refractivity contribution in [3.05, 3.63) is 35.9 Å². The van der Waals surface area contributed by atoms with Gasteiger partial charge < -0.3 is 4.74 Å². The van der Waals surface area contributed by atoms with E-state index in [1.807, 2.05) is 30.3 Å². The molecular weight excluding hydrogens is 358 g/mol. The summed E-state index contributed by atoms with van der Waals surface area (Å²) in [7, 11) is 0. The maximum Gasteiger partial charge on any atom is 0.187 e. The van der Waals surface area contributed by atoms with E-state index in [4.69, 9.17) is 4.74 Å². The molecular formula is C9H11AlCoNiOY. The summed E-state index contributed by atoms with van der Waals surface area (Å²) in [4.78, 5) is 0. The van der Waals surface area contributed by atoms with E-state index in [-0.39, 0.29) is 83.3 Å². The molecule has 1 aliphatic rings. The summed E-state index contributed by atoms with van der Waals surface area (Å²) < 4.78 is 5.34. The Labute approximate surface area is 141 Å². The van der Waals surface area contributed by atoms with Gasteiger partial charge in [-0.15, -0.1) is 0 Å². The van der Waals surface area contributed by atoms with Gasteiger partial charge in [-0.25, -0.2) is 0 Å². The van der Waals surface area contributed by atoms with Crippen LogP contribution in [-0.2, 0) is 66.0 Å². The van der Waals surface area contributed by atoms with Crippen LogP contribution in [0.25, 0.3) is 6.08 Å². The summed E-state index contributed by atoms with van der Waals surface area (Å²) in [6.45, 7) is 0.705. The Kier molecular flexibility index (Phi) is 16.2. The van der Waals surface area contributed by atoms with Gasteiger partial charge in [-0.05, 0) is 12.1 Å². The van der Waals surface area contributed by atoms with Crippen molar-refractivity contribution in [3.8, 4) is 5.75 Å². The van der Waals surface area contributed by atoms with Crippen LogP contribution in [0.3, 0.4) is 0 Å². The molecule has 0 spiro atoms. The summed E-state index contributed by atoms with van der Waals surface area (Å²) in [5.41, 5.74) is 1.17. The van der Waals surface area contributed by atoms with Crippen molar-refractivity contribution in [1.82, 2.24) is 0 Å². The normalized spacial score (nSPS) is 10.0. The molecule has 1 aliphatic heterocycles. The smallest absolute Gasteiger partial charge is 0.187 e. The first-order chi connectivity index (χ1) is 4.97. The van der Waals surface area contributed by atoms with E-state index in [1.54, 1.807) is 0 Å². The SMILES string of the molecule is C1=Cc2ccccc2OC1.[AlH3].[Co].[Ni].[Y]. The van der Waals surface area contributed by atoms with Crippen molar-refractivity contribution in [1.29, 1.82) is 0 Å². The number of hydrogen-bond acceptors (Lipinski definition) is 1. The third kappa shape index (κ3) is 5.47. The minimum atomic E-state index is 0. The molecule has 0 amide bonds. The van der Waals surface area contributed by atoms with Crippen LogP contribution >= 0.6 is 0 Å². The molecule has 1 aromatic carbocycles. The predicted octanol–water partition coefficient (Wildman–Crippen LogP) is 0.901. The number of hydrogen-bond donors (Lipinski definition) is 0. The van der Waals surface area contributed by atoms with Crippen molar-refractivity contribution < 1.29 is 70.7 Å². The zero-order chi connectivity index (χ0) is 6.81. The first-order valence-electron chi connectivity index (χ1n) is 3.35. The Hall–Kier alpha value is 1.40. The van der Waals surface area contributed by atoms with Crippen molar-refractivity contribution in [2.75, 3.05) is 6.61 Å². The largest absolute Gasteiger partial charge is 0.489 e. The van der Waals surface area contributed by atoms with Gasteiger partial charge in [0, 0.05) is 71.5 Å². The Morgan fingerprint density at radius 2 is 1.79 bits per heavy atom. The molecule has 0 atom stereocenters. The zero-order valence-electron chi connectivity index (χ0n) is 6.81. The molecule has 1 aromatic rings. The summed E-state index contributed by atoms with van der Waals surface area (Å²) in [6.07, 6.45) is 4.10. The van der Waals surface area contributed by atoms with Crippen LogP contribution in [0.4, 0.5) is 0 Å². The Bertz CT molecular complexity index is 283. The Morgan fingerprint density at radius 1 is 1.14 bits per heavy atom. The van der Waals surface area contributed by atoms with Gasteiger partial charge in [0.05, 0.1) is 0 Å². The molecule has 1 nitrogen and oxygen atoms in total. The standard InChI is InChI=1S/C9H8O.Al.Co.Ni.Y.3H/c1-2-6-9-8(4-1)5-3-7-10-9;;;;;;;/h1-6H,7H2;;;;;;;. The molecule has 0 aromatic heterocycles. The van der Waals surface area contributed by atoms with E-state index in [1.165, 1.54) is 5.56 Å². The van der Waals surface area contributed by atoms with Gasteiger partial charge in [-0.3, -0.25) is 0 Å². The number of fused-ring (bicyclic) bond motifs is 1. The molecule has 0 bridgehead atoms. The van der Waals surface area contributed by atoms with Crippen LogP contribution in [0.15, 0.2) is 30.3 Å². The van der Waals surface area contributed by atoms with Crippen molar-refractivity contribution in [2.45, 2.75) is 0 Å². The van der Waals surface area contributed by atoms with Crippen molar-refractivity contribution >= 4 is 23.4 Å². The molecule has 0 aliphatic carbocycles. The average Bonchev–Trinajstić information content (AvgIpc) is 2.05. The van der Waals surface area contributed by atoms with E-state index in [2.05, 4.69) is 6.08 Å². The van der Waals surface area contributed by atoms with E-state index in [0.29, 0.717) is 6.61 Å². The fraction of sp³-hybridized carbons (Fsp3) is 0.111. The summed E-state index contributed by atoms with van der Waals surface area (Å²) in [5, 5.41) is 0. The molecule has 1 heterocycles. The molecule has 0 fully saturated rings. The number of ether oxygens (including phenoxy) is 1. The predicted molar refractivity (Wildman–Crippen MR) is 50.9 cm³/mol. The van der Waals surface area contributed by atoms with Gasteiger partial charge >= 0.3 is 0 Å². The minimum absolute atomic E-state index is 0. The molecule has 0 N–H and O–H groups in total. The second-order valence-electron chi connectivity index (χ2n) is 2.25. The second kappa shape index (κ2) is 10.9. The molecule has 5 heteroatoms. The van der Waals surface area contributed by atoms with E-state index in [9.17, 15) is 0 Å². The van der Waals surface area contributed by atoms with Gasteiger partial charge in [-0.2, -0.15) is 0 Å². The molecule has 0 unspecified atom stereocenters. The van der Waals surface area contributed by atoms with Gasteiger partial charge in [0.15, 0.2) is 17.4 Å². The first-order valence-corrected chi connectivity index (χ1v) is 3.35. The number of rotatable bonds is 0. The quantitative estimate of drug-likeness (QED) is 0.618. The third-order valence-electron chi connectivity index (χ3n) is 1.55. The van der Waals surface area contributed by atoms with E-state index < -0.39 is 0 Å². The van der Waals surface area contributed by atoms with E-state index >= 15 is 0 Å². The van der Waals surface area contributed by atoms with Crippen molar-refractivity contribution in [2.24, 2.45) is 0 Å². The fourth-order valence-electron chi connectivity index (χ4n) is 1.06. The van der Waals surface area contributed by atoms with Crippen LogP contribution < -0.4 is 4.74 Å². The van der Waals surface area contributed by atoms with E-state index in [0.717, 1.165) is 5.75 Å². The van der Waals surface area contributed by atoms with Crippen LogP contribution in [0.5, 0.6) is 5.75 Å². The molecule has 78 valence electrons. The summed E-state index contributed by atoms with van der Waals surface area (Å²) in [5.74, 6) is 0.991. The summed E-state index contributed by atoms with van der Waals surface area (Å²) in [6, 6.07) is 8.03. The maximum absolute atomic E-state index is 5.34. The Morgan fingerprint density at radius 3 is 2.43 bits per heavy atom. The van der Waals surface area contributed by atoms with Crippen LogP contribution in [0.2, 0.25) is 0 Å². The van der Waals surface area contributed by atoms with Gasteiger partial charge in [0.25, 0.3) is 0 Å². The second-order valence-corrected chi connectivity index (χ2v) is 2.25. The third-order valence-corrected chi connectivity index (χ3v) is 1.55. The van der Waals surface area contributed by atoms with Crippen LogP contribution in [-0.4, -0.2) is 24.0 Å². The first kappa shape index (κ1) is 20.8.